The zero-order valence-corrected chi connectivity index (χ0v) is 22.3. The molecule has 4 aromatic rings. The molecule has 0 aromatic carbocycles. The van der Waals surface area contributed by atoms with Gasteiger partial charge in [-0.2, -0.15) is 27.1 Å². The highest BCUT2D eigenvalue weighted by molar-refractivity contribution is 5.85. The topological polar surface area (TPSA) is 157 Å². The van der Waals surface area contributed by atoms with Crippen molar-refractivity contribution >= 4 is 17.9 Å². The predicted octanol–water partition coefficient (Wildman–Crippen LogP) is 4.92. The molecule has 0 aliphatic heterocycles. The van der Waals surface area contributed by atoms with Crippen molar-refractivity contribution in [2.45, 2.75) is 50.5 Å². The maximum Gasteiger partial charge on any atom is 0.420 e. The highest BCUT2D eigenvalue weighted by atomic mass is 19.4. The largest absolute Gasteiger partial charge is 0.467 e. The van der Waals surface area contributed by atoms with Gasteiger partial charge in [-0.25, -0.2) is 34.4 Å². The van der Waals surface area contributed by atoms with Gasteiger partial charge in [0, 0.05) is 42.4 Å². The molecule has 1 fully saturated rings. The van der Waals surface area contributed by atoms with Crippen molar-refractivity contribution in [2.75, 3.05) is 17.3 Å². The van der Waals surface area contributed by atoms with Crippen LogP contribution in [-0.4, -0.2) is 70.1 Å². The smallest absolute Gasteiger partial charge is 0.420 e. The third-order valence-electron chi connectivity index (χ3n) is 6.74. The fourth-order valence-corrected chi connectivity index (χ4v) is 4.68. The molecule has 1 saturated carbocycles. The molecular weight excluding hydrogens is 583 g/mol. The SMILES string of the molecule is COc1ncc(-c2cnc(N(C(=O)O)[C@H]3CC[C@H](Nc4ncc(C(F)(F)F)c(-c5ccn(C(F)F)n5)n4)CC3)cn2)cn1. The molecule has 1 aliphatic rings. The van der Waals surface area contributed by atoms with Crippen LogP contribution in [0.1, 0.15) is 37.8 Å². The number of rotatable bonds is 8. The number of carboxylic acid groups (broad SMARTS) is 1. The van der Waals surface area contributed by atoms with E-state index in [-0.39, 0.29) is 34.2 Å². The summed E-state index contributed by atoms with van der Waals surface area (Å²) in [7, 11) is 1.43. The Bertz CT molecular complexity index is 1560. The summed E-state index contributed by atoms with van der Waals surface area (Å²) in [5, 5.41) is 16.4. The van der Waals surface area contributed by atoms with Crippen LogP contribution < -0.4 is 15.0 Å². The minimum absolute atomic E-state index is 0.126. The number of methoxy groups -OCH3 is 1. The van der Waals surface area contributed by atoms with Crippen molar-refractivity contribution in [1.82, 2.24) is 39.7 Å². The maximum absolute atomic E-state index is 13.6. The molecule has 0 bridgehead atoms. The third-order valence-corrected chi connectivity index (χ3v) is 6.74. The van der Waals surface area contributed by atoms with Crippen molar-refractivity contribution in [1.29, 1.82) is 0 Å². The van der Waals surface area contributed by atoms with Gasteiger partial charge in [0.15, 0.2) is 5.82 Å². The van der Waals surface area contributed by atoms with Gasteiger partial charge in [-0.15, -0.1) is 0 Å². The van der Waals surface area contributed by atoms with Gasteiger partial charge in [0.2, 0.25) is 5.95 Å². The Morgan fingerprint density at radius 3 is 2.30 bits per heavy atom. The van der Waals surface area contributed by atoms with Gasteiger partial charge in [0.25, 0.3) is 0 Å². The Hall–Kier alpha value is -5.03. The summed E-state index contributed by atoms with van der Waals surface area (Å²) in [6.45, 7) is -3.03. The van der Waals surface area contributed by atoms with E-state index in [4.69, 9.17) is 4.74 Å². The minimum Gasteiger partial charge on any atom is -0.467 e. The molecule has 5 rings (SSSR count). The van der Waals surface area contributed by atoms with Crippen LogP contribution >= 0.6 is 0 Å². The Kier molecular flexibility index (Phi) is 8.27. The molecule has 1 aliphatic carbocycles. The number of ether oxygens (including phenoxy) is 1. The number of halogens is 5. The first-order valence-electron chi connectivity index (χ1n) is 12.8. The zero-order chi connectivity index (χ0) is 30.7. The Morgan fingerprint density at radius 1 is 1.02 bits per heavy atom. The normalized spacial score (nSPS) is 17.1. The van der Waals surface area contributed by atoms with Crippen LogP contribution in [0.5, 0.6) is 6.01 Å². The lowest BCUT2D eigenvalue weighted by molar-refractivity contribution is -0.137. The predicted molar refractivity (Wildman–Crippen MR) is 139 cm³/mol. The zero-order valence-electron chi connectivity index (χ0n) is 22.3. The summed E-state index contributed by atoms with van der Waals surface area (Å²) >= 11 is 0. The van der Waals surface area contributed by atoms with Crippen LogP contribution in [0.25, 0.3) is 22.6 Å². The number of anilines is 2. The number of hydrogen-bond acceptors (Lipinski definition) is 10. The fraction of sp³-hybridized carbons (Fsp3) is 0.360. The second kappa shape index (κ2) is 12.1. The number of alkyl halides is 5. The lowest BCUT2D eigenvalue weighted by Crippen LogP contribution is -2.44. The third kappa shape index (κ3) is 6.57. The number of nitrogens with zero attached hydrogens (tertiary/aromatic N) is 9. The molecule has 4 heterocycles. The maximum atomic E-state index is 13.6. The summed E-state index contributed by atoms with van der Waals surface area (Å²) in [5.41, 5.74) is -1.25. The number of hydrogen-bond donors (Lipinski definition) is 2. The van der Waals surface area contributed by atoms with Crippen LogP contribution in [0.2, 0.25) is 0 Å². The van der Waals surface area contributed by atoms with Crippen LogP contribution in [0.15, 0.2) is 43.2 Å². The molecule has 0 saturated heterocycles. The molecule has 18 heteroatoms. The van der Waals surface area contributed by atoms with Gasteiger partial charge in [-0.1, -0.05) is 0 Å². The van der Waals surface area contributed by atoms with Gasteiger partial charge in [-0.05, 0) is 31.7 Å². The van der Waals surface area contributed by atoms with E-state index in [2.05, 4.69) is 40.3 Å². The van der Waals surface area contributed by atoms with E-state index >= 15 is 0 Å². The van der Waals surface area contributed by atoms with E-state index in [0.29, 0.717) is 43.1 Å². The quantitative estimate of drug-likeness (QED) is 0.263. The fourth-order valence-electron chi connectivity index (χ4n) is 4.68. The van der Waals surface area contributed by atoms with Gasteiger partial charge >= 0.3 is 24.8 Å². The molecule has 43 heavy (non-hydrogen) atoms. The van der Waals surface area contributed by atoms with Gasteiger partial charge in [0.05, 0.1) is 25.2 Å². The standard InChI is InChI=1S/C25H23F5N10O3/c1-43-23-34-8-13(9-35-23)18-11-32-19(12-31-18)40(24(41)42)15-4-2-14(3-5-15)36-22-33-10-16(25(28,29)30)20(37-22)17-6-7-39(38-17)21(26)27/h6-12,14-15,21H,2-5H2,1H3,(H,41,42)(H,33,36,37)/t14-,15-. The summed E-state index contributed by atoms with van der Waals surface area (Å²) in [5.74, 6) is -0.0156. The van der Waals surface area contributed by atoms with Crippen LogP contribution in [0, 0.1) is 0 Å². The summed E-state index contributed by atoms with van der Waals surface area (Å²) in [6, 6.07) is 0.461. The van der Waals surface area contributed by atoms with E-state index in [1.807, 2.05) is 0 Å². The molecule has 4 aromatic heterocycles. The Labute approximate surface area is 239 Å². The van der Waals surface area contributed by atoms with Crippen molar-refractivity contribution < 1.29 is 36.6 Å². The Morgan fingerprint density at radius 2 is 1.74 bits per heavy atom. The molecule has 1 amide bonds. The number of amides is 1. The first kappa shape index (κ1) is 29.5. The molecule has 0 atom stereocenters. The van der Waals surface area contributed by atoms with Crippen LogP contribution in [0.3, 0.4) is 0 Å². The molecule has 0 unspecified atom stereocenters. The molecule has 0 spiro atoms. The first-order chi connectivity index (χ1) is 20.5. The summed E-state index contributed by atoms with van der Waals surface area (Å²) in [6.07, 6.45) is 2.77. The molecular formula is C25H23F5N10O3. The monoisotopic (exact) mass is 606 g/mol. The van der Waals surface area contributed by atoms with Crippen molar-refractivity contribution in [3.63, 3.8) is 0 Å². The lowest BCUT2D eigenvalue weighted by Gasteiger charge is -2.34. The van der Waals surface area contributed by atoms with Gasteiger partial charge < -0.3 is 15.2 Å². The van der Waals surface area contributed by atoms with Crippen LogP contribution in [0.4, 0.5) is 38.5 Å². The average molecular weight is 607 g/mol. The van der Waals surface area contributed by atoms with E-state index in [9.17, 15) is 31.9 Å². The van der Waals surface area contributed by atoms with Crippen molar-refractivity contribution in [2.24, 2.45) is 0 Å². The first-order valence-corrected chi connectivity index (χ1v) is 12.8. The number of aromatic nitrogens is 8. The highest BCUT2D eigenvalue weighted by Gasteiger charge is 2.37. The Balaban J connectivity index is 1.27. The number of carbonyl (C=O) groups is 1. The van der Waals surface area contributed by atoms with E-state index < -0.39 is 36.1 Å². The van der Waals surface area contributed by atoms with Gasteiger partial charge in [-0.3, -0.25) is 9.88 Å². The van der Waals surface area contributed by atoms with E-state index in [0.717, 1.165) is 17.2 Å². The second-order valence-electron chi connectivity index (χ2n) is 9.43. The van der Waals surface area contributed by atoms with Crippen molar-refractivity contribution in [3.05, 3.63) is 48.8 Å². The second-order valence-corrected chi connectivity index (χ2v) is 9.43. The van der Waals surface area contributed by atoms with E-state index in [1.165, 1.54) is 31.9 Å². The van der Waals surface area contributed by atoms with Gasteiger partial charge in [0.1, 0.15) is 17.0 Å². The minimum atomic E-state index is -4.84. The highest BCUT2D eigenvalue weighted by Crippen LogP contribution is 2.36. The summed E-state index contributed by atoms with van der Waals surface area (Å²) in [4.78, 5) is 37.6. The average Bonchev–Trinajstić information content (AvgIpc) is 3.49. The summed E-state index contributed by atoms with van der Waals surface area (Å²) < 4.78 is 71.9. The van der Waals surface area contributed by atoms with Crippen LogP contribution in [-0.2, 0) is 6.18 Å². The van der Waals surface area contributed by atoms with Crippen molar-refractivity contribution in [3.8, 4) is 28.7 Å². The molecule has 2 N–H and O–H groups in total. The van der Waals surface area contributed by atoms with E-state index in [1.54, 1.807) is 0 Å². The molecule has 226 valence electrons. The lowest BCUT2D eigenvalue weighted by atomic mass is 9.90. The molecule has 0 radical (unpaired) electrons. The molecule has 13 nitrogen and oxygen atoms in total. The number of nitrogens with one attached hydrogen (secondary N) is 1.